The molecule has 0 heterocycles. The van der Waals surface area contributed by atoms with Gasteiger partial charge in [-0.15, -0.1) is 0 Å². The Kier molecular flexibility index (Phi) is 3.71. The number of hydrogen-bond acceptors (Lipinski definition) is 2. The minimum Gasteiger partial charge on any atom is -0.486 e. The van der Waals surface area contributed by atoms with Crippen LogP contribution in [-0.4, -0.2) is 12.6 Å². The van der Waals surface area contributed by atoms with E-state index in [-0.39, 0.29) is 17.7 Å². The predicted octanol–water partition coefficient (Wildman–Crippen LogP) is 1.94. The standard InChI is InChI=1S/C10H14FNO/c1-2-8(7-12)13-10-6-4-3-5-9(10)11/h3-6,8H,2,7,12H2,1H3. The summed E-state index contributed by atoms with van der Waals surface area (Å²) in [7, 11) is 0. The van der Waals surface area contributed by atoms with Crippen LogP contribution in [0, 0.1) is 5.82 Å². The van der Waals surface area contributed by atoms with E-state index in [1.54, 1.807) is 18.2 Å². The second-order valence-corrected chi connectivity index (χ2v) is 2.81. The fourth-order valence-electron chi connectivity index (χ4n) is 1.02. The summed E-state index contributed by atoms with van der Waals surface area (Å²) in [6, 6.07) is 6.35. The molecule has 1 rings (SSSR count). The largest absolute Gasteiger partial charge is 0.486 e. The number of rotatable bonds is 4. The summed E-state index contributed by atoms with van der Waals surface area (Å²) in [6.07, 6.45) is 0.682. The van der Waals surface area contributed by atoms with Crippen molar-refractivity contribution >= 4 is 0 Å². The molecule has 2 nitrogen and oxygen atoms in total. The molecular weight excluding hydrogens is 169 g/mol. The number of nitrogens with two attached hydrogens (primary N) is 1. The molecule has 0 bridgehead atoms. The van der Waals surface area contributed by atoms with Crippen LogP contribution in [0.1, 0.15) is 13.3 Å². The number of benzene rings is 1. The average molecular weight is 183 g/mol. The summed E-state index contributed by atoms with van der Waals surface area (Å²) in [5.74, 6) is -0.0609. The van der Waals surface area contributed by atoms with Gasteiger partial charge in [-0.2, -0.15) is 0 Å². The third-order valence-corrected chi connectivity index (χ3v) is 1.85. The molecule has 0 aliphatic rings. The lowest BCUT2D eigenvalue weighted by Crippen LogP contribution is -2.26. The van der Waals surface area contributed by atoms with Gasteiger partial charge in [-0.05, 0) is 18.6 Å². The van der Waals surface area contributed by atoms with Crippen molar-refractivity contribution in [1.82, 2.24) is 0 Å². The lowest BCUT2D eigenvalue weighted by Gasteiger charge is -2.15. The summed E-state index contributed by atoms with van der Waals surface area (Å²) in [6.45, 7) is 2.36. The summed E-state index contributed by atoms with van der Waals surface area (Å²) in [4.78, 5) is 0. The Bertz CT molecular complexity index is 261. The summed E-state index contributed by atoms with van der Waals surface area (Å²) < 4.78 is 18.4. The molecule has 1 aromatic rings. The number of ether oxygens (including phenoxy) is 1. The first kappa shape index (κ1) is 9.99. The van der Waals surface area contributed by atoms with Crippen molar-refractivity contribution in [3.63, 3.8) is 0 Å². The Morgan fingerprint density at radius 2 is 2.15 bits per heavy atom. The first-order chi connectivity index (χ1) is 6.27. The van der Waals surface area contributed by atoms with Crippen molar-refractivity contribution < 1.29 is 9.13 Å². The van der Waals surface area contributed by atoms with E-state index < -0.39 is 0 Å². The van der Waals surface area contributed by atoms with E-state index in [4.69, 9.17) is 10.5 Å². The van der Waals surface area contributed by atoms with Crippen LogP contribution in [0.5, 0.6) is 5.75 Å². The van der Waals surface area contributed by atoms with Gasteiger partial charge in [0.05, 0.1) is 0 Å². The van der Waals surface area contributed by atoms with Gasteiger partial charge in [0, 0.05) is 6.54 Å². The Balaban J connectivity index is 2.67. The number of para-hydroxylation sites is 1. The Morgan fingerprint density at radius 3 is 2.69 bits per heavy atom. The van der Waals surface area contributed by atoms with Crippen molar-refractivity contribution in [3.05, 3.63) is 30.1 Å². The van der Waals surface area contributed by atoms with Crippen LogP contribution in [0.25, 0.3) is 0 Å². The zero-order valence-electron chi connectivity index (χ0n) is 7.66. The molecule has 2 N–H and O–H groups in total. The van der Waals surface area contributed by atoms with E-state index in [1.807, 2.05) is 6.92 Å². The Morgan fingerprint density at radius 1 is 1.46 bits per heavy atom. The fraction of sp³-hybridized carbons (Fsp3) is 0.400. The van der Waals surface area contributed by atoms with Gasteiger partial charge in [-0.25, -0.2) is 4.39 Å². The van der Waals surface area contributed by atoms with Crippen LogP contribution in [0.2, 0.25) is 0 Å². The molecule has 0 radical (unpaired) electrons. The topological polar surface area (TPSA) is 35.2 Å². The second kappa shape index (κ2) is 4.82. The second-order valence-electron chi connectivity index (χ2n) is 2.81. The molecule has 3 heteroatoms. The minimum atomic E-state index is -0.339. The van der Waals surface area contributed by atoms with Gasteiger partial charge in [0.15, 0.2) is 11.6 Å². The van der Waals surface area contributed by atoms with E-state index in [1.165, 1.54) is 6.07 Å². The Hall–Kier alpha value is -1.09. The molecule has 0 saturated heterocycles. The first-order valence-corrected chi connectivity index (χ1v) is 4.39. The molecule has 0 aliphatic heterocycles. The van der Waals surface area contributed by atoms with Crippen molar-refractivity contribution in [2.75, 3.05) is 6.54 Å². The number of hydrogen-bond donors (Lipinski definition) is 1. The van der Waals surface area contributed by atoms with Gasteiger partial charge in [0.1, 0.15) is 6.10 Å². The molecule has 0 amide bonds. The van der Waals surface area contributed by atoms with Crippen molar-refractivity contribution in [2.24, 2.45) is 5.73 Å². The lowest BCUT2D eigenvalue weighted by atomic mass is 10.2. The maximum Gasteiger partial charge on any atom is 0.165 e. The molecule has 0 aliphatic carbocycles. The zero-order chi connectivity index (χ0) is 9.68. The molecule has 1 unspecified atom stereocenters. The highest BCUT2D eigenvalue weighted by Gasteiger charge is 2.08. The lowest BCUT2D eigenvalue weighted by molar-refractivity contribution is 0.196. The van der Waals surface area contributed by atoms with Crippen LogP contribution >= 0.6 is 0 Å². The molecule has 0 aromatic heterocycles. The van der Waals surface area contributed by atoms with Crippen LogP contribution in [0.15, 0.2) is 24.3 Å². The zero-order valence-corrected chi connectivity index (χ0v) is 7.66. The fourth-order valence-corrected chi connectivity index (χ4v) is 1.02. The molecule has 1 atom stereocenters. The molecule has 1 aromatic carbocycles. The molecule has 13 heavy (non-hydrogen) atoms. The maximum atomic E-state index is 13.1. The third kappa shape index (κ3) is 2.70. The first-order valence-electron chi connectivity index (χ1n) is 4.39. The molecule has 0 saturated carbocycles. The van der Waals surface area contributed by atoms with Gasteiger partial charge >= 0.3 is 0 Å². The van der Waals surface area contributed by atoms with E-state index in [0.29, 0.717) is 6.54 Å². The third-order valence-electron chi connectivity index (χ3n) is 1.85. The summed E-state index contributed by atoms with van der Waals surface area (Å²) in [5, 5.41) is 0. The van der Waals surface area contributed by atoms with Crippen molar-refractivity contribution in [1.29, 1.82) is 0 Å². The van der Waals surface area contributed by atoms with Gasteiger partial charge in [-0.3, -0.25) is 0 Å². The molecule has 0 fully saturated rings. The van der Waals surface area contributed by atoms with Crippen LogP contribution < -0.4 is 10.5 Å². The van der Waals surface area contributed by atoms with Gasteiger partial charge in [-0.1, -0.05) is 19.1 Å². The summed E-state index contributed by atoms with van der Waals surface area (Å²) in [5.41, 5.74) is 5.43. The molecule has 0 spiro atoms. The highest BCUT2D eigenvalue weighted by atomic mass is 19.1. The Labute approximate surface area is 77.5 Å². The highest BCUT2D eigenvalue weighted by molar-refractivity contribution is 5.23. The quantitative estimate of drug-likeness (QED) is 0.774. The van der Waals surface area contributed by atoms with E-state index >= 15 is 0 Å². The van der Waals surface area contributed by atoms with Crippen LogP contribution in [0.3, 0.4) is 0 Å². The van der Waals surface area contributed by atoms with Crippen molar-refractivity contribution in [3.8, 4) is 5.75 Å². The van der Waals surface area contributed by atoms with E-state index in [9.17, 15) is 4.39 Å². The molecule has 72 valence electrons. The smallest absolute Gasteiger partial charge is 0.165 e. The van der Waals surface area contributed by atoms with Crippen molar-refractivity contribution in [2.45, 2.75) is 19.4 Å². The average Bonchev–Trinajstić information content (AvgIpc) is 2.17. The van der Waals surface area contributed by atoms with Gasteiger partial charge in [0.2, 0.25) is 0 Å². The van der Waals surface area contributed by atoms with Gasteiger partial charge < -0.3 is 10.5 Å². The highest BCUT2D eigenvalue weighted by Crippen LogP contribution is 2.17. The van der Waals surface area contributed by atoms with E-state index in [0.717, 1.165) is 6.42 Å². The van der Waals surface area contributed by atoms with Crippen LogP contribution in [0.4, 0.5) is 4.39 Å². The normalized spacial score (nSPS) is 12.5. The monoisotopic (exact) mass is 183 g/mol. The number of halogens is 1. The summed E-state index contributed by atoms with van der Waals surface area (Å²) >= 11 is 0. The SMILES string of the molecule is CCC(CN)Oc1ccccc1F. The minimum absolute atomic E-state index is 0.100. The molecular formula is C10H14FNO. The van der Waals surface area contributed by atoms with Gasteiger partial charge in [0.25, 0.3) is 0 Å². The maximum absolute atomic E-state index is 13.1. The predicted molar refractivity (Wildman–Crippen MR) is 50.2 cm³/mol. The van der Waals surface area contributed by atoms with Crippen LogP contribution in [-0.2, 0) is 0 Å². The van der Waals surface area contributed by atoms with E-state index in [2.05, 4.69) is 0 Å².